The van der Waals surface area contributed by atoms with E-state index in [1.807, 2.05) is 9.80 Å². The van der Waals surface area contributed by atoms with Gasteiger partial charge in [0.05, 0.1) is 61.6 Å². The summed E-state index contributed by atoms with van der Waals surface area (Å²) in [5, 5.41) is 21.7. The molecule has 4 saturated heterocycles. The van der Waals surface area contributed by atoms with Gasteiger partial charge >= 0.3 is 37.7 Å². The van der Waals surface area contributed by atoms with E-state index in [0.717, 1.165) is 11.4 Å². The molecule has 0 unspecified atom stereocenters. The smallest absolute Gasteiger partial charge is 0.543 e. The zero-order valence-electron chi connectivity index (χ0n) is 25.1. The zero-order valence-corrected chi connectivity index (χ0v) is 25.1. The number of pyridine rings is 2. The van der Waals surface area contributed by atoms with Gasteiger partial charge < -0.3 is 48.9 Å². The third-order valence-electron chi connectivity index (χ3n) is 7.79. The summed E-state index contributed by atoms with van der Waals surface area (Å²) in [7, 11) is 0. The summed E-state index contributed by atoms with van der Waals surface area (Å²) in [6.07, 6.45) is 2.92. The fourth-order valence-electron chi connectivity index (χ4n) is 5.10. The molecule has 0 atom stereocenters. The van der Waals surface area contributed by atoms with Crippen molar-refractivity contribution in [2.45, 2.75) is 0 Å². The number of hydrogen-bond donors (Lipinski definition) is 0. The van der Waals surface area contributed by atoms with Crippen molar-refractivity contribution in [1.29, 1.82) is 0 Å². The Labute approximate surface area is 279 Å². The summed E-state index contributed by atoms with van der Waals surface area (Å²) >= 11 is 0. The average molecular weight is 594 g/mol. The summed E-state index contributed by atoms with van der Waals surface area (Å²) < 4.78 is 10.1. The fourth-order valence-corrected chi connectivity index (χ4v) is 5.10. The number of carboxylic acids is 2. The van der Waals surface area contributed by atoms with Gasteiger partial charge in [-0.05, 0) is 24.3 Å². The van der Waals surface area contributed by atoms with E-state index in [1.54, 1.807) is 12.1 Å². The molecule has 2 aromatic rings. The van der Waals surface area contributed by atoms with Gasteiger partial charge in [-0.1, -0.05) is 0 Å². The van der Waals surface area contributed by atoms with Gasteiger partial charge in [0, 0.05) is 76.1 Å². The Balaban J connectivity index is 0.000000230. The third kappa shape index (κ3) is 8.54. The van der Waals surface area contributed by atoms with Crippen LogP contribution in [0.1, 0.15) is 21.0 Å². The SMILES string of the molecule is O=C([O-])c1cc(N2CCN(C(=O)C3COC3)CC2)ccn1.O=C([O-])c1cc(N2CCN(C(=O)C3COC3)CC2)ccn1.[Li+].[Li+]. The second-order valence-corrected chi connectivity index (χ2v) is 10.5. The summed E-state index contributed by atoms with van der Waals surface area (Å²) in [4.78, 5) is 61.2. The quantitative estimate of drug-likeness (QED) is 0.290. The topological polar surface area (TPSA) is 172 Å². The van der Waals surface area contributed by atoms with Crippen molar-refractivity contribution in [2.75, 3.05) is 88.6 Å². The van der Waals surface area contributed by atoms with Crippen molar-refractivity contribution in [3.05, 3.63) is 48.0 Å². The summed E-state index contributed by atoms with van der Waals surface area (Å²) in [6.45, 7) is 7.36. The zero-order chi connectivity index (χ0) is 29.6. The van der Waals surface area contributed by atoms with Crippen molar-refractivity contribution in [3.8, 4) is 0 Å². The molecule has 0 N–H and O–H groups in total. The van der Waals surface area contributed by atoms with Crippen molar-refractivity contribution >= 4 is 35.1 Å². The van der Waals surface area contributed by atoms with E-state index >= 15 is 0 Å². The first-order chi connectivity index (χ1) is 20.3. The summed E-state index contributed by atoms with van der Waals surface area (Å²) in [6, 6.07) is 6.55. The van der Waals surface area contributed by atoms with Crippen LogP contribution in [0.3, 0.4) is 0 Å². The Morgan fingerprint density at radius 1 is 0.614 bits per heavy atom. The molecule has 224 valence electrons. The van der Waals surface area contributed by atoms with E-state index in [-0.39, 0.29) is 72.8 Å². The van der Waals surface area contributed by atoms with E-state index in [2.05, 4.69) is 19.8 Å². The van der Waals surface area contributed by atoms with E-state index in [4.69, 9.17) is 9.47 Å². The second-order valence-electron chi connectivity index (χ2n) is 10.5. The van der Waals surface area contributed by atoms with Crippen LogP contribution in [-0.4, -0.2) is 122 Å². The normalized spacial score (nSPS) is 18.4. The number of rotatable bonds is 6. The van der Waals surface area contributed by atoms with Crippen molar-refractivity contribution in [3.63, 3.8) is 0 Å². The number of anilines is 2. The molecule has 4 aliphatic rings. The minimum Gasteiger partial charge on any atom is -0.543 e. The maximum absolute atomic E-state index is 12.1. The molecule has 4 aliphatic heterocycles. The minimum absolute atomic E-state index is 0. The predicted molar refractivity (Wildman–Crippen MR) is 143 cm³/mol. The molecule has 0 saturated carbocycles. The summed E-state index contributed by atoms with van der Waals surface area (Å²) in [5.41, 5.74) is 1.45. The molecule has 2 aromatic heterocycles. The molecular weight excluding hydrogens is 562 g/mol. The van der Waals surface area contributed by atoms with E-state index in [0.29, 0.717) is 78.8 Å². The van der Waals surface area contributed by atoms with Gasteiger partial charge in [-0.3, -0.25) is 19.6 Å². The Morgan fingerprint density at radius 3 is 1.23 bits per heavy atom. The molecule has 2 amide bonds. The molecule has 16 heteroatoms. The van der Waals surface area contributed by atoms with Gasteiger partial charge in [0.2, 0.25) is 11.8 Å². The van der Waals surface area contributed by atoms with Crippen LogP contribution in [0.15, 0.2) is 36.7 Å². The number of hydrogen-bond acceptors (Lipinski definition) is 12. The Hall–Kier alpha value is -3.11. The number of carboxylic acid groups (broad SMARTS) is 2. The molecule has 0 aliphatic carbocycles. The van der Waals surface area contributed by atoms with Crippen LogP contribution >= 0.6 is 0 Å². The van der Waals surface area contributed by atoms with Crippen molar-refractivity contribution < 1.29 is 76.6 Å². The Kier molecular flexibility index (Phi) is 13.1. The average Bonchev–Trinajstić information content (AvgIpc) is 2.96. The molecule has 0 aromatic carbocycles. The van der Waals surface area contributed by atoms with Gasteiger partial charge in [0.25, 0.3) is 0 Å². The summed E-state index contributed by atoms with van der Waals surface area (Å²) in [5.74, 6) is -2.22. The maximum Gasteiger partial charge on any atom is 1.00 e. The third-order valence-corrected chi connectivity index (χ3v) is 7.79. The van der Waals surface area contributed by atoms with Crippen molar-refractivity contribution in [1.82, 2.24) is 19.8 Å². The molecule has 0 bridgehead atoms. The van der Waals surface area contributed by atoms with E-state index < -0.39 is 11.9 Å². The van der Waals surface area contributed by atoms with Crippen LogP contribution in [0.4, 0.5) is 11.4 Å². The number of carbonyl (C=O) groups excluding carboxylic acids is 4. The van der Waals surface area contributed by atoms with Crippen LogP contribution in [-0.2, 0) is 19.1 Å². The molecule has 0 spiro atoms. The van der Waals surface area contributed by atoms with Crippen LogP contribution in [0.5, 0.6) is 0 Å². The second kappa shape index (κ2) is 16.3. The van der Waals surface area contributed by atoms with Crippen LogP contribution in [0, 0.1) is 11.8 Å². The van der Waals surface area contributed by atoms with Gasteiger partial charge in [0.1, 0.15) is 0 Å². The number of aromatic nitrogens is 2. The number of nitrogens with zero attached hydrogens (tertiary/aromatic N) is 6. The minimum atomic E-state index is -1.28. The first-order valence-electron chi connectivity index (χ1n) is 13.9. The molecular formula is C28H32Li2N6O8. The number of carbonyl (C=O) groups is 4. The number of piperazine rings is 2. The Morgan fingerprint density at radius 2 is 0.955 bits per heavy atom. The van der Waals surface area contributed by atoms with Crippen LogP contribution in [0.2, 0.25) is 0 Å². The number of aromatic carboxylic acids is 2. The van der Waals surface area contributed by atoms with Crippen LogP contribution < -0.4 is 57.7 Å². The molecule has 6 rings (SSSR count). The maximum atomic E-state index is 12.1. The van der Waals surface area contributed by atoms with Crippen LogP contribution in [0.25, 0.3) is 0 Å². The number of amides is 2. The molecule has 0 radical (unpaired) electrons. The number of ether oxygens (including phenoxy) is 2. The fraction of sp³-hybridized carbons (Fsp3) is 0.500. The van der Waals surface area contributed by atoms with Crippen molar-refractivity contribution in [2.24, 2.45) is 11.8 Å². The molecule has 14 nitrogen and oxygen atoms in total. The molecule has 44 heavy (non-hydrogen) atoms. The monoisotopic (exact) mass is 594 g/mol. The largest absolute Gasteiger partial charge is 1.00 e. The van der Waals surface area contributed by atoms with Gasteiger partial charge in [-0.2, -0.15) is 0 Å². The Bertz CT molecular complexity index is 1210. The predicted octanol–water partition coefficient (Wildman–Crippen LogP) is -8.51. The van der Waals surface area contributed by atoms with E-state index in [9.17, 15) is 29.4 Å². The van der Waals surface area contributed by atoms with Gasteiger partial charge in [0.15, 0.2) is 0 Å². The standard InChI is InChI=1S/2C14H17N3O4.2Li/c2*18-13(10-8-21-9-10)17-5-3-16(4-6-17)11-1-2-15-12(7-11)14(19)20;;/h2*1-2,7,10H,3-6,8-9H2,(H,19,20);;/q;;2*+1/p-2. The first kappa shape index (κ1) is 35.4. The molecule has 4 fully saturated rings. The van der Waals surface area contributed by atoms with E-state index in [1.165, 1.54) is 24.5 Å². The molecule has 6 heterocycles. The first-order valence-corrected chi connectivity index (χ1v) is 13.9. The van der Waals surface area contributed by atoms with Gasteiger partial charge in [-0.15, -0.1) is 0 Å². The van der Waals surface area contributed by atoms with Gasteiger partial charge in [-0.25, -0.2) is 0 Å².